The Morgan fingerprint density at radius 1 is 1.24 bits per heavy atom. The summed E-state index contributed by atoms with van der Waals surface area (Å²) in [6.07, 6.45) is 0.349. The second kappa shape index (κ2) is 3.70. The molecule has 17 heavy (non-hydrogen) atoms. The van der Waals surface area contributed by atoms with Crippen molar-refractivity contribution in [3.05, 3.63) is 33.9 Å². The average Bonchev–Trinajstić information content (AvgIpc) is 2.60. The van der Waals surface area contributed by atoms with Crippen molar-refractivity contribution in [2.45, 2.75) is 6.42 Å². The van der Waals surface area contributed by atoms with Crippen LogP contribution in [0.1, 0.15) is 27.3 Å². The molecule has 86 valence electrons. The van der Waals surface area contributed by atoms with Gasteiger partial charge in [-0.05, 0) is 12.1 Å². The van der Waals surface area contributed by atoms with Crippen molar-refractivity contribution in [2.75, 3.05) is 6.54 Å². The van der Waals surface area contributed by atoms with Gasteiger partial charge in [0.1, 0.15) is 5.69 Å². The van der Waals surface area contributed by atoms with E-state index in [-0.39, 0.29) is 11.7 Å². The molecule has 1 aromatic heterocycles. The number of aromatic nitrogens is 1. The van der Waals surface area contributed by atoms with E-state index in [2.05, 4.69) is 26.2 Å². The molecule has 1 aliphatic heterocycles. The number of nitrogens with one attached hydrogen (secondary N) is 2. The zero-order chi connectivity index (χ0) is 12.0. The van der Waals surface area contributed by atoms with Crippen LogP contribution in [0.2, 0.25) is 0 Å². The second-order valence-corrected chi connectivity index (χ2v) is 4.91. The van der Waals surface area contributed by atoms with Gasteiger partial charge >= 0.3 is 0 Å². The predicted molar refractivity (Wildman–Crippen MR) is 67.3 cm³/mol. The van der Waals surface area contributed by atoms with Crippen molar-refractivity contribution in [1.29, 1.82) is 0 Å². The number of halogens is 1. The van der Waals surface area contributed by atoms with Crippen molar-refractivity contribution in [1.82, 2.24) is 10.3 Å². The number of carbonyl (C=O) groups is 2. The topological polar surface area (TPSA) is 62.0 Å². The lowest BCUT2D eigenvalue weighted by molar-refractivity contribution is 0.0952. The van der Waals surface area contributed by atoms with E-state index in [9.17, 15) is 9.59 Å². The Balaban J connectivity index is 2.36. The molecule has 0 fully saturated rings. The molecular formula is C12H9BrN2O2. The number of H-pyrrole nitrogens is 1. The summed E-state index contributed by atoms with van der Waals surface area (Å²) < 4.78 is 0.911. The Kier molecular flexibility index (Phi) is 2.29. The molecule has 2 N–H and O–H groups in total. The fourth-order valence-electron chi connectivity index (χ4n) is 2.13. The number of ketones is 1. The largest absolute Gasteiger partial charge is 0.350 e. The molecule has 1 aliphatic rings. The van der Waals surface area contributed by atoms with Gasteiger partial charge in [-0.25, -0.2) is 0 Å². The Morgan fingerprint density at radius 3 is 2.88 bits per heavy atom. The zero-order valence-corrected chi connectivity index (χ0v) is 10.4. The quantitative estimate of drug-likeness (QED) is 0.782. The molecular weight excluding hydrogens is 284 g/mol. The number of hydrogen-bond acceptors (Lipinski definition) is 2. The van der Waals surface area contributed by atoms with Crippen molar-refractivity contribution in [2.24, 2.45) is 0 Å². The van der Waals surface area contributed by atoms with Gasteiger partial charge in [0.05, 0.1) is 5.56 Å². The van der Waals surface area contributed by atoms with Crippen molar-refractivity contribution >= 4 is 38.5 Å². The Labute approximate surface area is 106 Å². The second-order valence-electron chi connectivity index (χ2n) is 3.99. The maximum absolute atomic E-state index is 12.0. The Morgan fingerprint density at radius 2 is 2.06 bits per heavy atom. The van der Waals surface area contributed by atoms with E-state index in [0.29, 0.717) is 24.2 Å². The molecule has 1 amide bonds. The summed E-state index contributed by atoms with van der Waals surface area (Å²) in [5, 5.41) is 3.51. The number of benzene rings is 1. The highest BCUT2D eigenvalue weighted by Crippen LogP contribution is 2.27. The van der Waals surface area contributed by atoms with Crippen LogP contribution in [0.15, 0.2) is 22.7 Å². The molecule has 0 saturated carbocycles. The first-order chi connectivity index (χ1) is 8.16. The van der Waals surface area contributed by atoms with Crippen LogP contribution in [-0.4, -0.2) is 23.2 Å². The average molecular weight is 293 g/mol. The first-order valence-corrected chi connectivity index (χ1v) is 6.09. The molecule has 2 aromatic rings. The van der Waals surface area contributed by atoms with Crippen molar-refractivity contribution in [3.8, 4) is 0 Å². The summed E-state index contributed by atoms with van der Waals surface area (Å²) in [5.41, 5.74) is 1.69. The lowest BCUT2D eigenvalue weighted by atomic mass is 10.1. The van der Waals surface area contributed by atoms with Crippen LogP contribution in [-0.2, 0) is 0 Å². The molecule has 0 radical (unpaired) electrons. The van der Waals surface area contributed by atoms with Gasteiger partial charge in [-0.2, -0.15) is 0 Å². The minimum atomic E-state index is -0.210. The maximum Gasteiger partial charge on any atom is 0.268 e. The number of hydrogen-bond donors (Lipinski definition) is 2. The standard InChI is InChI=1S/C12H9BrN2O2/c13-6-1-2-7-8(5-6)15-11-10(7)9(16)3-4-14-12(11)17/h1-2,5,15H,3-4H2,(H,14,17). The monoisotopic (exact) mass is 292 g/mol. The normalized spacial score (nSPS) is 15.6. The number of fused-ring (bicyclic) bond motifs is 3. The van der Waals surface area contributed by atoms with E-state index in [0.717, 1.165) is 15.4 Å². The molecule has 0 bridgehead atoms. The molecule has 0 saturated heterocycles. The number of rotatable bonds is 0. The fraction of sp³-hybridized carbons (Fsp3) is 0.167. The fourth-order valence-corrected chi connectivity index (χ4v) is 2.49. The molecule has 1 aromatic carbocycles. The van der Waals surface area contributed by atoms with Gasteiger partial charge in [-0.15, -0.1) is 0 Å². The zero-order valence-electron chi connectivity index (χ0n) is 8.84. The third kappa shape index (κ3) is 1.58. The van der Waals surface area contributed by atoms with Crippen LogP contribution >= 0.6 is 15.9 Å². The van der Waals surface area contributed by atoms with Gasteiger partial charge in [0, 0.05) is 28.3 Å². The summed E-state index contributed by atoms with van der Waals surface area (Å²) in [7, 11) is 0. The van der Waals surface area contributed by atoms with Gasteiger partial charge in [0.25, 0.3) is 5.91 Å². The summed E-state index contributed by atoms with van der Waals surface area (Å²) in [5.74, 6) is -0.204. The molecule has 0 spiro atoms. The molecule has 2 heterocycles. The molecule has 0 aliphatic carbocycles. The van der Waals surface area contributed by atoms with E-state index in [1.807, 2.05) is 18.2 Å². The van der Waals surface area contributed by atoms with E-state index < -0.39 is 0 Å². The predicted octanol–water partition coefficient (Wildman–Crippen LogP) is 2.25. The molecule has 0 atom stereocenters. The smallest absolute Gasteiger partial charge is 0.268 e. The van der Waals surface area contributed by atoms with E-state index in [4.69, 9.17) is 0 Å². The molecule has 4 nitrogen and oxygen atoms in total. The van der Waals surface area contributed by atoms with Crippen LogP contribution in [0.5, 0.6) is 0 Å². The van der Waals surface area contributed by atoms with E-state index in [1.165, 1.54) is 0 Å². The van der Waals surface area contributed by atoms with Crippen molar-refractivity contribution < 1.29 is 9.59 Å². The van der Waals surface area contributed by atoms with Crippen molar-refractivity contribution in [3.63, 3.8) is 0 Å². The van der Waals surface area contributed by atoms with Gasteiger partial charge in [-0.3, -0.25) is 9.59 Å². The SMILES string of the molecule is O=C1NCCC(=O)c2c1[nH]c1cc(Br)ccc21. The Hall–Kier alpha value is -1.62. The number of amides is 1. The molecule has 0 unspecified atom stereocenters. The number of carbonyl (C=O) groups excluding carboxylic acids is 2. The van der Waals surface area contributed by atoms with Gasteiger partial charge in [0.2, 0.25) is 0 Å². The van der Waals surface area contributed by atoms with Crippen LogP contribution in [0.3, 0.4) is 0 Å². The molecule has 5 heteroatoms. The summed E-state index contributed by atoms with van der Waals surface area (Å²) >= 11 is 3.37. The third-order valence-electron chi connectivity index (χ3n) is 2.90. The highest BCUT2D eigenvalue weighted by Gasteiger charge is 2.25. The lowest BCUT2D eigenvalue weighted by Gasteiger charge is -1.96. The minimum Gasteiger partial charge on any atom is -0.350 e. The summed E-state index contributed by atoms with van der Waals surface area (Å²) in [4.78, 5) is 26.8. The highest BCUT2D eigenvalue weighted by atomic mass is 79.9. The number of Topliss-reactive ketones (excluding diaryl/α,β-unsaturated/α-hetero) is 1. The maximum atomic E-state index is 12.0. The van der Waals surface area contributed by atoms with Gasteiger partial charge in [0.15, 0.2) is 5.78 Å². The Bertz CT molecular complexity index is 645. The lowest BCUT2D eigenvalue weighted by Crippen LogP contribution is -2.23. The first kappa shape index (κ1) is 10.5. The van der Waals surface area contributed by atoms with Crippen LogP contribution in [0, 0.1) is 0 Å². The van der Waals surface area contributed by atoms with E-state index >= 15 is 0 Å². The van der Waals surface area contributed by atoms with E-state index in [1.54, 1.807) is 0 Å². The van der Waals surface area contributed by atoms with Gasteiger partial charge in [-0.1, -0.05) is 22.0 Å². The summed E-state index contributed by atoms with van der Waals surface area (Å²) in [6.45, 7) is 0.401. The highest BCUT2D eigenvalue weighted by molar-refractivity contribution is 9.10. The van der Waals surface area contributed by atoms with Crippen LogP contribution in [0.4, 0.5) is 0 Å². The minimum absolute atomic E-state index is 0.00641. The van der Waals surface area contributed by atoms with Crippen LogP contribution < -0.4 is 5.32 Å². The molecule has 3 rings (SSSR count). The third-order valence-corrected chi connectivity index (χ3v) is 3.40. The number of aromatic amines is 1. The van der Waals surface area contributed by atoms with Crippen LogP contribution in [0.25, 0.3) is 10.9 Å². The summed E-state index contributed by atoms with van der Waals surface area (Å²) in [6, 6.07) is 5.59. The van der Waals surface area contributed by atoms with Gasteiger partial charge < -0.3 is 10.3 Å². The first-order valence-electron chi connectivity index (χ1n) is 5.29.